The predicted molar refractivity (Wildman–Crippen MR) is 45.8 cm³/mol. The molecule has 0 aliphatic heterocycles. The summed E-state index contributed by atoms with van der Waals surface area (Å²) in [6.45, 7) is -0.109. The van der Waals surface area contributed by atoms with E-state index in [1.54, 1.807) is 0 Å². The smallest absolute Gasteiger partial charge is 0.252 e. The van der Waals surface area contributed by atoms with E-state index in [1.165, 1.54) is 7.11 Å². The van der Waals surface area contributed by atoms with Crippen LogP contribution in [0.2, 0.25) is 0 Å². The van der Waals surface area contributed by atoms with Crippen molar-refractivity contribution in [1.82, 2.24) is 5.32 Å². The maximum atomic E-state index is 11.3. The molecule has 0 radical (unpaired) electrons. The first-order chi connectivity index (χ1) is 6.08. The topological polar surface area (TPSA) is 81.4 Å². The number of carbonyl (C=O) groups is 2. The second-order valence-electron chi connectivity index (χ2n) is 3.32. The molecule has 3 N–H and O–H groups in total. The Morgan fingerprint density at radius 2 is 2.15 bits per heavy atom. The highest BCUT2D eigenvalue weighted by Gasteiger charge is 2.40. The zero-order valence-electron chi connectivity index (χ0n) is 7.63. The van der Waals surface area contributed by atoms with E-state index in [1.807, 2.05) is 0 Å². The number of rotatable bonds is 3. The molecule has 1 saturated carbocycles. The van der Waals surface area contributed by atoms with Crippen molar-refractivity contribution in [3.05, 3.63) is 0 Å². The molecule has 2 amide bonds. The van der Waals surface area contributed by atoms with Crippen LogP contribution in [0.4, 0.5) is 0 Å². The standard InChI is InChI=1S/C8H14N2O3/c1-13-5-6(11)10-7(12)8(9)3-2-4-8/h2-5,9H2,1H3,(H,10,11,12). The van der Waals surface area contributed by atoms with Crippen LogP contribution in [-0.4, -0.2) is 31.1 Å². The Labute approximate surface area is 76.6 Å². The maximum absolute atomic E-state index is 11.3. The molecule has 0 bridgehead atoms. The molecule has 0 unspecified atom stereocenters. The van der Waals surface area contributed by atoms with Gasteiger partial charge in [0.15, 0.2) is 0 Å². The first-order valence-corrected chi connectivity index (χ1v) is 4.20. The molecule has 13 heavy (non-hydrogen) atoms. The minimum Gasteiger partial charge on any atom is -0.375 e. The van der Waals surface area contributed by atoms with Crippen molar-refractivity contribution >= 4 is 11.8 Å². The van der Waals surface area contributed by atoms with Gasteiger partial charge in [0.2, 0.25) is 5.91 Å². The van der Waals surface area contributed by atoms with E-state index in [2.05, 4.69) is 10.1 Å². The van der Waals surface area contributed by atoms with Crippen molar-refractivity contribution in [2.75, 3.05) is 13.7 Å². The van der Waals surface area contributed by atoms with Gasteiger partial charge in [-0.1, -0.05) is 0 Å². The minimum atomic E-state index is -0.816. The Balaban J connectivity index is 2.36. The molecule has 0 saturated heterocycles. The Kier molecular flexibility index (Phi) is 3.00. The van der Waals surface area contributed by atoms with Crippen molar-refractivity contribution in [2.24, 2.45) is 5.73 Å². The van der Waals surface area contributed by atoms with Gasteiger partial charge in [-0.15, -0.1) is 0 Å². The van der Waals surface area contributed by atoms with Crippen molar-refractivity contribution in [2.45, 2.75) is 24.8 Å². The molecule has 0 atom stereocenters. The predicted octanol–water partition coefficient (Wildman–Crippen LogP) is -0.843. The van der Waals surface area contributed by atoms with Gasteiger partial charge in [-0.05, 0) is 19.3 Å². The van der Waals surface area contributed by atoms with Gasteiger partial charge in [-0.2, -0.15) is 0 Å². The van der Waals surface area contributed by atoms with Crippen LogP contribution < -0.4 is 11.1 Å². The monoisotopic (exact) mass is 186 g/mol. The zero-order chi connectivity index (χ0) is 9.90. The number of ether oxygens (including phenoxy) is 1. The number of imide groups is 1. The Morgan fingerprint density at radius 1 is 1.54 bits per heavy atom. The molecule has 0 spiro atoms. The quantitative estimate of drug-likeness (QED) is 0.602. The first-order valence-electron chi connectivity index (χ1n) is 4.20. The highest BCUT2D eigenvalue weighted by molar-refractivity contribution is 6.00. The lowest BCUT2D eigenvalue weighted by Crippen LogP contribution is -2.59. The lowest BCUT2D eigenvalue weighted by atomic mass is 9.77. The highest BCUT2D eigenvalue weighted by atomic mass is 16.5. The van der Waals surface area contributed by atoms with Gasteiger partial charge in [0.1, 0.15) is 6.61 Å². The zero-order valence-corrected chi connectivity index (χ0v) is 7.63. The van der Waals surface area contributed by atoms with E-state index in [0.717, 1.165) is 6.42 Å². The van der Waals surface area contributed by atoms with Crippen LogP contribution in [0.3, 0.4) is 0 Å². The Bertz CT molecular complexity index is 223. The largest absolute Gasteiger partial charge is 0.375 e. The lowest BCUT2D eigenvalue weighted by molar-refractivity contribution is -0.137. The van der Waals surface area contributed by atoms with Crippen LogP contribution in [0.5, 0.6) is 0 Å². The second kappa shape index (κ2) is 3.85. The summed E-state index contributed by atoms with van der Waals surface area (Å²) in [6.07, 6.45) is 2.25. The van der Waals surface area contributed by atoms with Crippen LogP contribution in [0, 0.1) is 0 Å². The van der Waals surface area contributed by atoms with Gasteiger partial charge >= 0.3 is 0 Å². The van der Waals surface area contributed by atoms with Gasteiger partial charge in [-0.3, -0.25) is 14.9 Å². The number of carbonyl (C=O) groups excluding carboxylic acids is 2. The SMILES string of the molecule is COCC(=O)NC(=O)C1(N)CCC1. The van der Waals surface area contributed by atoms with Gasteiger partial charge in [-0.25, -0.2) is 0 Å². The van der Waals surface area contributed by atoms with Crippen molar-refractivity contribution < 1.29 is 14.3 Å². The minimum absolute atomic E-state index is 0.109. The average Bonchev–Trinajstić information content (AvgIpc) is 2.00. The molecule has 1 fully saturated rings. The van der Waals surface area contributed by atoms with E-state index in [4.69, 9.17) is 5.73 Å². The van der Waals surface area contributed by atoms with Crippen LogP contribution in [0.25, 0.3) is 0 Å². The third-order valence-corrected chi connectivity index (χ3v) is 2.23. The molecule has 5 nitrogen and oxygen atoms in total. The second-order valence-corrected chi connectivity index (χ2v) is 3.32. The molecule has 74 valence electrons. The first kappa shape index (κ1) is 10.1. The van der Waals surface area contributed by atoms with E-state index in [0.29, 0.717) is 12.8 Å². The number of methoxy groups -OCH3 is 1. The molecular weight excluding hydrogens is 172 g/mol. The number of hydrogen-bond acceptors (Lipinski definition) is 4. The fourth-order valence-corrected chi connectivity index (χ4v) is 1.20. The van der Waals surface area contributed by atoms with Gasteiger partial charge < -0.3 is 10.5 Å². The average molecular weight is 186 g/mol. The third-order valence-electron chi connectivity index (χ3n) is 2.23. The van der Waals surface area contributed by atoms with Crippen molar-refractivity contribution in [3.63, 3.8) is 0 Å². The number of amides is 2. The summed E-state index contributed by atoms with van der Waals surface area (Å²) in [6, 6.07) is 0. The number of nitrogens with one attached hydrogen (secondary N) is 1. The van der Waals surface area contributed by atoms with Crippen molar-refractivity contribution in [3.8, 4) is 0 Å². The molecule has 0 aromatic carbocycles. The van der Waals surface area contributed by atoms with Gasteiger partial charge in [0.05, 0.1) is 5.54 Å². The van der Waals surface area contributed by atoms with Crippen LogP contribution in [0.15, 0.2) is 0 Å². The molecule has 0 aromatic rings. The fraction of sp³-hybridized carbons (Fsp3) is 0.750. The van der Waals surface area contributed by atoms with Crippen LogP contribution in [0.1, 0.15) is 19.3 Å². The van der Waals surface area contributed by atoms with E-state index < -0.39 is 11.4 Å². The van der Waals surface area contributed by atoms with E-state index in [9.17, 15) is 9.59 Å². The molecule has 1 aliphatic rings. The summed E-state index contributed by atoms with van der Waals surface area (Å²) in [5, 5.41) is 2.20. The van der Waals surface area contributed by atoms with E-state index in [-0.39, 0.29) is 12.5 Å². The van der Waals surface area contributed by atoms with Crippen molar-refractivity contribution in [1.29, 1.82) is 0 Å². The normalized spacial score (nSPS) is 18.9. The molecule has 5 heteroatoms. The molecule has 0 aromatic heterocycles. The summed E-state index contributed by atoms with van der Waals surface area (Å²) < 4.78 is 4.56. The Hall–Kier alpha value is -0.940. The summed E-state index contributed by atoms with van der Waals surface area (Å²) in [5.41, 5.74) is 4.87. The van der Waals surface area contributed by atoms with Gasteiger partial charge in [0.25, 0.3) is 5.91 Å². The summed E-state index contributed by atoms with van der Waals surface area (Å²) in [4.78, 5) is 22.2. The highest BCUT2D eigenvalue weighted by Crippen LogP contribution is 2.28. The summed E-state index contributed by atoms with van der Waals surface area (Å²) in [5.74, 6) is -0.829. The summed E-state index contributed by atoms with van der Waals surface area (Å²) >= 11 is 0. The van der Waals surface area contributed by atoms with Crippen LogP contribution >= 0.6 is 0 Å². The van der Waals surface area contributed by atoms with Crippen LogP contribution in [-0.2, 0) is 14.3 Å². The molecule has 1 aliphatic carbocycles. The fourth-order valence-electron chi connectivity index (χ4n) is 1.20. The lowest BCUT2D eigenvalue weighted by Gasteiger charge is -2.35. The third kappa shape index (κ3) is 2.26. The van der Waals surface area contributed by atoms with Gasteiger partial charge in [0, 0.05) is 7.11 Å². The Morgan fingerprint density at radius 3 is 2.54 bits per heavy atom. The summed E-state index contributed by atoms with van der Waals surface area (Å²) in [7, 11) is 1.39. The molecule has 0 heterocycles. The molecule has 1 rings (SSSR count). The number of hydrogen-bond donors (Lipinski definition) is 2. The van der Waals surface area contributed by atoms with E-state index >= 15 is 0 Å². The molecular formula is C8H14N2O3. The number of nitrogens with two attached hydrogens (primary N) is 1. The maximum Gasteiger partial charge on any atom is 0.252 e.